The summed E-state index contributed by atoms with van der Waals surface area (Å²) < 4.78 is 0.982. The summed E-state index contributed by atoms with van der Waals surface area (Å²) in [5.74, 6) is 0. The zero-order chi connectivity index (χ0) is 13.3. The van der Waals surface area contributed by atoms with E-state index in [0.717, 1.165) is 20.6 Å². The van der Waals surface area contributed by atoms with Crippen molar-refractivity contribution in [3.05, 3.63) is 36.6 Å². The molecule has 0 atom stereocenters. The van der Waals surface area contributed by atoms with Crippen molar-refractivity contribution in [1.82, 2.24) is 4.98 Å². The Bertz CT molecular complexity index is 404. The van der Waals surface area contributed by atoms with E-state index in [1.807, 2.05) is 45.3 Å². The summed E-state index contributed by atoms with van der Waals surface area (Å²) in [6.45, 7) is 9.73. The number of hydrogen-bond donors (Lipinski definition) is 1. The molecule has 0 aliphatic carbocycles. The van der Waals surface area contributed by atoms with Gasteiger partial charge in [-0.25, -0.2) is 4.98 Å². The van der Waals surface area contributed by atoms with E-state index >= 15 is 0 Å². The molecule has 2 N–H and O–H groups in total. The maximum atomic E-state index is 5.90. The highest BCUT2D eigenvalue weighted by atomic mass is 32.2. The van der Waals surface area contributed by atoms with Crippen LogP contribution in [0.4, 0.5) is 5.00 Å². The summed E-state index contributed by atoms with van der Waals surface area (Å²) in [7, 11) is 0. The lowest BCUT2D eigenvalue weighted by molar-refractivity contribution is 1.22. The first kappa shape index (κ1) is 16.0. The van der Waals surface area contributed by atoms with Crippen LogP contribution in [0.15, 0.2) is 35.2 Å². The standard InChI is InChI=1S/C11H14N2S2.C2H6/c1-4-6-7-8(5-2)9-10(12)15-11(13-9)14-3;1-2/h4-7H,2,12H2,1,3H3;1-2H3/b6-4-,8-7+;. The number of hydrogen-bond acceptors (Lipinski definition) is 4. The molecule has 0 fully saturated rings. The van der Waals surface area contributed by atoms with Crippen LogP contribution in [0.3, 0.4) is 0 Å². The highest BCUT2D eigenvalue weighted by Crippen LogP contribution is 2.32. The van der Waals surface area contributed by atoms with E-state index in [1.165, 1.54) is 11.3 Å². The van der Waals surface area contributed by atoms with Gasteiger partial charge in [-0.15, -0.1) is 0 Å². The van der Waals surface area contributed by atoms with Crippen molar-refractivity contribution >= 4 is 33.7 Å². The molecule has 94 valence electrons. The van der Waals surface area contributed by atoms with Crippen molar-refractivity contribution in [2.24, 2.45) is 0 Å². The van der Waals surface area contributed by atoms with Crippen molar-refractivity contribution in [3.8, 4) is 0 Å². The van der Waals surface area contributed by atoms with E-state index in [9.17, 15) is 0 Å². The average molecular weight is 268 g/mol. The molecule has 1 aromatic heterocycles. The molecule has 0 spiro atoms. The minimum atomic E-state index is 0.745. The second-order valence-electron chi connectivity index (χ2n) is 2.75. The molecule has 0 unspecified atom stereocenters. The first-order chi connectivity index (χ1) is 8.22. The van der Waals surface area contributed by atoms with E-state index in [-0.39, 0.29) is 0 Å². The number of rotatable bonds is 4. The van der Waals surface area contributed by atoms with E-state index in [1.54, 1.807) is 17.8 Å². The van der Waals surface area contributed by atoms with Crippen LogP contribution in [0.25, 0.3) is 5.57 Å². The lowest BCUT2D eigenvalue weighted by Crippen LogP contribution is -1.88. The molecule has 0 amide bonds. The second kappa shape index (κ2) is 9.07. The highest BCUT2D eigenvalue weighted by molar-refractivity contribution is 8.00. The highest BCUT2D eigenvalue weighted by Gasteiger charge is 2.09. The van der Waals surface area contributed by atoms with Gasteiger partial charge in [-0.1, -0.05) is 67.8 Å². The van der Waals surface area contributed by atoms with Crippen LogP contribution in [0.2, 0.25) is 0 Å². The quantitative estimate of drug-likeness (QED) is 0.639. The van der Waals surface area contributed by atoms with Gasteiger partial charge >= 0.3 is 0 Å². The van der Waals surface area contributed by atoms with Crippen molar-refractivity contribution < 1.29 is 0 Å². The zero-order valence-electron chi connectivity index (χ0n) is 10.9. The lowest BCUT2D eigenvalue weighted by Gasteiger charge is -1.96. The van der Waals surface area contributed by atoms with Gasteiger partial charge in [0.2, 0.25) is 0 Å². The van der Waals surface area contributed by atoms with E-state index in [4.69, 9.17) is 5.73 Å². The molecule has 0 saturated heterocycles. The summed E-state index contributed by atoms with van der Waals surface area (Å²) in [4.78, 5) is 4.44. The Kier molecular flexibility index (Phi) is 8.54. The first-order valence-electron chi connectivity index (χ1n) is 5.49. The van der Waals surface area contributed by atoms with E-state index < -0.39 is 0 Å². The topological polar surface area (TPSA) is 38.9 Å². The van der Waals surface area contributed by atoms with Crippen LogP contribution < -0.4 is 5.73 Å². The Balaban J connectivity index is 0.00000121. The Morgan fingerprint density at radius 3 is 2.53 bits per heavy atom. The normalized spacial score (nSPS) is 11.2. The van der Waals surface area contributed by atoms with Gasteiger partial charge in [0.1, 0.15) is 10.7 Å². The van der Waals surface area contributed by atoms with Gasteiger partial charge in [0, 0.05) is 5.57 Å². The number of nitrogens with two attached hydrogens (primary N) is 1. The summed E-state index contributed by atoms with van der Waals surface area (Å²) in [6, 6.07) is 0. The number of anilines is 1. The third-order valence-electron chi connectivity index (χ3n) is 1.77. The van der Waals surface area contributed by atoms with Crippen LogP contribution in [0.5, 0.6) is 0 Å². The fourth-order valence-electron chi connectivity index (χ4n) is 1.05. The molecule has 0 saturated carbocycles. The second-order valence-corrected chi connectivity index (χ2v) is 4.83. The smallest absolute Gasteiger partial charge is 0.152 e. The monoisotopic (exact) mass is 268 g/mol. The maximum absolute atomic E-state index is 5.90. The molecule has 0 radical (unpaired) electrons. The van der Waals surface area contributed by atoms with E-state index in [2.05, 4.69) is 11.6 Å². The van der Waals surface area contributed by atoms with Crippen LogP contribution in [0.1, 0.15) is 26.5 Å². The molecule has 0 aliphatic heterocycles. The number of thiazole rings is 1. The Hall–Kier alpha value is -1.00. The molecule has 1 heterocycles. The predicted molar refractivity (Wildman–Crippen MR) is 82.6 cm³/mol. The number of thioether (sulfide) groups is 1. The van der Waals surface area contributed by atoms with Crippen LogP contribution in [0, 0.1) is 0 Å². The minimum absolute atomic E-state index is 0.745. The third kappa shape index (κ3) is 4.79. The minimum Gasteiger partial charge on any atom is -0.389 e. The maximum Gasteiger partial charge on any atom is 0.152 e. The molecular formula is C13H20N2S2. The fourth-order valence-corrected chi connectivity index (χ4v) is 2.42. The van der Waals surface area contributed by atoms with Gasteiger partial charge in [0.15, 0.2) is 4.34 Å². The number of aromatic nitrogens is 1. The van der Waals surface area contributed by atoms with Gasteiger partial charge in [0.05, 0.1) is 0 Å². The third-order valence-corrected chi connectivity index (χ3v) is 3.64. The molecule has 1 aromatic rings. The Morgan fingerprint density at radius 1 is 1.47 bits per heavy atom. The van der Waals surface area contributed by atoms with Gasteiger partial charge < -0.3 is 5.73 Å². The SMILES string of the molecule is C=C/C(=C\C=C/C)c1nc(SC)sc1N.CC. The van der Waals surface area contributed by atoms with Crippen molar-refractivity contribution in [1.29, 1.82) is 0 Å². The number of nitrogens with zero attached hydrogens (tertiary/aromatic N) is 1. The average Bonchev–Trinajstić information content (AvgIpc) is 2.74. The van der Waals surface area contributed by atoms with Crippen molar-refractivity contribution in [3.63, 3.8) is 0 Å². The van der Waals surface area contributed by atoms with Crippen LogP contribution >= 0.6 is 23.1 Å². The van der Waals surface area contributed by atoms with Crippen LogP contribution in [-0.2, 0) is 0 Å². The fraction of sp³-hybridized carbons (Fsp3) is 0.308. The van der Waals surface area contributed by atoms with Gasteiger partial charge in [-0.05, 0) is 13.2 Å². The molecule has 1 rings (SSSR count). The molecule has 0 aliphatic rings. The van der Waals surface area contributed by atoms with E-state index in [0.29, 0.717) is 0 Å². The summed E-state index contributed by atoms with van der Waals surface area (Å²) in [6.07, 6.45) is 9.64. The number of allylic oxidation sites excluding steroid dienone is 5. The molecule has 17 heavy (non-hydrogen) atoms. The zero-order valence-corrected chi connectivity index (χ0v) is 12.5. The Labute approximate surface area is 112 Å². The van der Waals surface area contributed by atoms with Crippen LogP contribution in [-0.4, -0.2) is 11.2 Å². The molecule has 2 nitrogen and oxygen atoms in total. The van der Waals surface area contributed by atoms with Crippen molar-refractivity contribution in [2.75, 3.05) is 12.0 Å². The molecule has 4 heteroatoms. The largest absolute Gasteiger partial charge is 0.389 e. The van der Waals surface area contributed by atoms with Gasteiger partial charge in [0.25, 0.3) is 0 Å². The first-order valence-corrected chi connectivity index (χ1v) is 7.53. The molecular weight excluding hydrogens is 248 g/mol. The van der Waals surface area contributed by atoms with Gasteiger partial charge in [-0.2, -0.15) is 0 Å². The molecule has 0 aromatic carbocycles. The lowest BCUT2D eigenvalue weighted by atomic mass is 10.2. The predicted octanol–water partition coefficient (Wildman–Crippen LogP) is 4.62. The summed E-state index contributed by atoms with van der Waals surface area (Å²) in [5, 5.41) is 0.745. The van der Waals surface area contributed by atoms with Gasteiger partial charge in [-0.3, -0.25) is 0 Å². The number of nitrogen functional groups attached to an aromatic ring is 1. The Morgan fingerprint density at radius 2 is 2.12 bits per heavy atom. The molecule has 0 bridgehead atoms. The van der Waals surface area contributed by atoms with Crippen molar-refractivity contribution in [2.45, 2.75) is 25.1 Å². The summed E-state index contributed by atoms with van der Waals surface area (Å²) in [5.41, 5.74) is 7.69. The summed E-state index contributed by atoms with van der Waals surface area (Å²) >= 11 is 3.11.